The predicted molar refractivity (Wildman–Crippen MR) is 41.0 cm³/mol. The monoisotopic (exact) mass is 153 g/mol. The zero-order valence-corrected chi connectivity index (χ0v) is 6.73. The molecule has 0 bridgehead atoms. The van der Waals surface area contributed by atoms with Crippen molar-refractivity contribution in [1.82, 2.24) is 5.32 Å². The maximum absolute atomic E-state index is 11.1. The normalized spacial score (nSPS) is 19.8. The molecular formula is C8H11NO2. The third-order valence-electron chi connectivity index (χ3n) is 1.96. The number of nitrogens with one attached hydrogen (secondary N) is 1. The van der Waals surface area contributed by atoms with Crippen LogP contribution in [0.25, 0.3) is 0 Å². The summed E-state index contributed by atoms with van der Waals surface area (Å²) in [5.41, 5.74) is 1.15. The van der Waals surface area contributed by atoms with Gasteiger partial charge in [-0.25, -0.2) is 0 Å². The maximum Gasteiger partial charge on any atom is 0.247 e. The zero-order chi connectivity index (χ0) is 8.43. The fraction of sp³-hybridized carbons (Fsp3) is 0.500. The fourth-order valence-electron chi connectivity index (χ4n) is 0.989. The first-order chi connectivity index (χ1) is 5.13. The van der Waals surface area contributed by atoms with E-state index in [1.807, 2.05) is 0 Å². The van der Waals surface area contributed by atoms with Crippen LogP contribution >= 0.6 is 0 Å². The van der Waals surface area contributed by atoms with Gasteiger partial charge in [-0.15, -0.1) is 0 Å². The molecule has 3 nitrogen and oxygen atoms in total. The van der Waals surface area contributed by atoms with Crippen molar-refractivity contribution < 1.29 is 9.59 Å². The number of hydrogen-bond donors (Lipinski definition) is 1. The van der Waals surface area contributed by atoms with Gasteiger partial charge < -0.3 is 5.32 Å². The molecule has 1 rings (SSSR count). The highest BCUT2D eigenvalue weighted by atomic mass is 16.2. The van der Waals surface area contributed by atoms with E-state index in [0.717, 1.165) is 0 Å². The van der Waals surface area contributed by atoms with Gasteiger partial charge in [-0.05, 0) is 13.8 Å². The highest BCUT2D eigenvalue weighted by Gasteiger charge is 2.16. The summed E-state index contributed by atoms with van der Waals surface area (Å²) in [6.45, 7) is 3.84. The SMILES string of the molecule is CC1=C(C)C(=O)NCCC1=O. The van der Waals surface area contributed by atoms with Gasteiger partial charge in [0.25, 0.3) is 0 Å². The Morgan fingerprint density at radius 3 is 2.45 bits per heavy atom. The zero-order valence-electron chi connectivity index (χ0n) is 6.73. The van der Waals surface area contributed by atoms with Crippen molar-refractivity contribution in [2.75, 3.05) is 6.54 Å². The van der Waals surface area contributed by atoms with Crippen molar-refractivity contribution in [2.24, 2.45) is 0 Å². The Morgan fingerprint density at radius 1 is 1.18 bits per heavy atom. The van der Waals surface area contributed by atoms with Crippen molar-refractivity contribution in [3.8, 4) is 0 Å². The van der Waals surface area contributed by atoms with Gasteiger partial charge in [-0.3, -0.25) is 9.59 Å². The van der Waals surface area contributed by atoms with Crippen molar-refractivity contribution in [3.05, 3.63) is 11.1 Å². The van der Waals surface area contributed by atoms with E-state index in [9.17, 15) is 9.59 Å². The van der Waals surface area contributed by atoms with Gasteiger partial charge in [0.2, 0.25) is 5.91 Å². The quantitative estimate of drug-likeness (QED) is 0.548. The summed E-state index contributed by atoms with van der Waals surface area (Å²) in [6.07, 6.45) is 0.426. The molecule has 0 spiro atoms. The van der Waals surface area contributed by atoms with E-state index in [1.54, 1.807) is 13.8 Å². The van der Waals surface area contributed by atoms with Crippen LogP contribution in [0.2, 0.25) is 0 Å². The first-order valence-electron chi connectivity index (χ1n) is 3.62. The number of ketones is 1. The minimum atomic E-state index is -0.117. The molecule has 0 aliphatic carbocycles. The van der Waals surface area contributed by atoms with Gasteiger partial charge in [0.1, 0.15) is 0 Å². The van der Waals surface area contributed by atoms with E-state index < -0.39 is 0 Å². The number of Topliss-reactive ketones (excluding diaryl/α,β-unsaturated/α-hetero) is 1. The number of rotatable bonds is 0. The lowest BCUT2D eigenvalue weighted by atomic mass is 10.1. The molecule has 3 heteroatoms. The van der Waals surface area contributed by atoms with E-state index in [2.05, 4.69) is 5.32 Å². The van der Waals surface area contributed by atoms with Crippen LogP contribution in [-0.2, 0) is 9.59 Å². The Hall–Kier alpha value is -1.12. The molecule has 1 aliphatic rings. The second-order valence-electron chi connectivity index (χ2n) is 2.68. The molecule has 60 valence electrons. The van der Waals surface area contributed by atoms with Crippen LogP contribution in [0, 0.1) is 0 Å². The molecule has 1 amide bonds. The Bertz CT molecular complexity index is 216. The third kappa shape index (κ3) is 1.48. The largest absolute Gasteiger partial charge is 0.352 e. The molecule has 0 saturated carbocycles. The Kier molecular flexibility index (Phi) is 2.08. The van der Waals surface area contributed by atoms with E-state index in [0.29, 0.717) is 24.1 Å². The van der Waals surface area contributed by atoms with Crippen LogP contribution in [0.3, 0.4) is 0 Å². The van der Waals surface area contributed by atoms with Crippen molar-refractivity contribution in [2.45, 2.75) is 20.3 Å². The number of carbonyl (C=O) groups is 2. The lowest BCUT2D eigenvalue weighted by Gasteiger charge is -1.98. The molecule has 0 fully saturated rings. The molecule has 0 unspecified atom stereocenters. The maximum atomic E-state index is 11.1. The van der Waals surface area contributed by atoms with Gasteiger partial charge in [-0.1, -0.05) is 0 Å². The number of carbonyl (C=O) groups excluding carboxylic acids is 2. The summed E-state index contributed by atoms with van der Waals surface area (Å²) < 4.78 is 0. The van der Waals surface area contributed by atoms with Crippen molar-refractivity contribution >= 4 is 11.7 Å². The number of amides is 1. The number of hydrogen-bond acceptors (Lipinski definition) is 2. The molecule has 0 aromatic rings. The van der Waals surface area contributed by atoms with E-state index in [4.69, 9.17) is 0 Å². The summed E-state index contributed by atoms with van der Waals surface area (Å²) >= 11 is 0. The molecular weight excluding hydrogens is 142 g/mol. The minimum Gasteiger partial charge on any atom is -0.352 e. The third-order valence-corrected chi connectivity index (χ3v) is 1.96. The van der Waals surface area contributed by atoms with Crippen molar-refractivity contribution in [3.63, 3.8) is 0 Å². The summed E-state index contributed by atoms with van der Waals surface area (Å²) in [5, 5.41) is 2.64. The summed E-state index contributed by atoms with van der Waals surface area (Å²) in [7, 11) is 0. The molecule has 0 aromatic heterocycles. The van der Waals surface area contributed by atoms with Crippen LogP contribution in [0.4, 0.5) is 0 Å². The number of allylic oxidation sites excluding steroid dienone is 1. The van der Waals surface area contributed by atoms with E-state index in [1.165, 1.54) is 0 Å². The highest BCUT2D eigenvalue weighted by molar-refractivity contribution is 6.06. The smallest absolute Gasteiger partial charge is 0.247 e. The molecule has 0 radical (unpaired) electrons. The summed E-state index contributed by atoms with van der Waals surface area (Å²) in [4.78, 5) is 22.2. The average molecular weight is 153 g/mol. The Labute approximate surface area is 65.5 Å². The lowest BCUT2D eigenvalue weighted by Crippen LogP contribution is -2.23. The molecule has 0 saturated heterocycles. The second kappa shape index (κ2) is 2.86. The van der Waals surface area contributed by atoms with Crippen molar-refractivity contribution in [1.29, 1.82) is 0 Å². The highest BCUT2D eigenvalue weighted by Crippen LogP contribution is 2.09. The van der Waals surface area contributed by atoms with Crippen LogP contribution in [0.15, 0.2) is 11.1 Å². The summed E-state index contributed by atoms with van der Waals surface area (Å²) in [5.74, 6) is -0.0470. The molecule has 1 N–H and O–H groups in total. The van der Waals surface area contributed by atoms with Gasteiger partial charge in [0.05, 0.1) is 0 Å². The molecule has 11 heavy (non-hydrogen) atoms. The van der Waals surface area contributed by atoms with Crippen LogP contribution in [0.1, 0.15) is 20.3 Å². The van der Waals surface area contributed by atoms with Crippen LogP contribution in [0.5, 0.6) is 0 Å². The van der Waals surface area contributed by atoms with Gasteiger partial charge in [0.15, 0.2) is 5.78 Å². The molecule has 1 aliphatic heterocycles. The summed E-state index contributed by atoms with van der Waals surface area (Å²) in [6, 6.07) is 0. The van der Waals surface area contributed by atoms with Crippen LogP contribution < -0.4 is 5.32 Å². The average Bonchev–Trinajstić information content (AvgIpc) is 2.07. The van der Waals surface area contributed by atoms with Gasteiger partial charge in [-0.2, -0.15) is 0 Å². The Balaban J connectivity index is 3.00. The minimum absolute atomic E-state index is 0.0702. The van der Waals surface area contributed by atoms with Crippen LogP contribution in [-0.4, -0.2) is 18.2 Å². The lowest BCUT2D eigenvalue weighted by molar-refractivity contribution is -0.117. The topological polar surface area (TPSA) is 46.2 Å². The Morgan fingerprint density at radius 2 is 1.82 bits per heavy atom. The second-order valence-corrected chi connectivity index (χ2v) is 2.68. The van der Waals surface area contributed by atoms with Gasteiger partial charge >= 0.3 is 0 Å². The van der Waals surface area contributed by atoms with Gasteiger partial charge in [0, 0.05) is 24.1 Å². The molecule has 0 atom stereocenters. The van der Waals surface area contributed by atoms with E-state index in [-0.39, 0.29) is 11.7 Å². The predicted octanol–water partition coefficient (Wildman–Crippen LogP) is 0.412. The first-order valence-corrected chi connectivity index (χ1v) is 3.62. The first kappa shape index (κ1) is 7.98. The standard InChI is InChI=1S/C8H11NO2/c1-5-6(2)8(11)9-4-3-7(5)10/h3-4H2,1-2H3,(H,9,11). The van der Waals surface area contributed by atoms with E-state index >= 15 is 0 Å². The fourth-order valence-corrected chi connectivity index (χ4v) is 0.989. The molecule has 1 heterocycles. The molecule has 0 aromatic carbocycles.